The monoisotopic (exact) mass is 352 g/mol. The minimum atomic E-state index is 0.147. The fourth-order valence-corrected chi connectivity index (χ4v) is 3.03. The molecule has 1 heterocycles. The molecule has 1 aromatic rings. The van der Waals surface area contributed by atoms with Gasteiger partial charge in [-0.05, 0) is 53.4 Å². The second-order valence-electron chi connectivity index (χ2n) is 6.25. The van der Waals surface area contributed by atoms with Gasteiger partial charge in [0.15, 0.2) is 0 Å². The van der Waals surface area contributed by atoms with Crippen LogP contribution in [0.1, 0.15) is 36.2 Å². The fraction of sp³-hybridized carbons (Fsp3) is 0.588. The van der Waals surface area contributed by atoms with Gasteiger partial charge in [0.1, 0.15) is 0 Å². The summed E-state index contributed by atoms with van der Waals surface area (Å²) in [6.45, 7) is 11.3. The summed E-state index contributed by atoms with van der Waals surface area (Å²) in [5, 5.41) is 0. The molecule has 2 rings (SSSR count). The summed E-state index contributed by atoms with van der Waals surface area (Å²) in [6, 6.07) is 5.88. The molecule has 0 aromatic heterocycles. The zero-order valence-electron chi connectivity index (χ0n) is 13.2. The van der Waals surface area contributed by atoms with E-state index in [1.54, 1.807) is 0 Å². The molecule has 0 bridgehead atoms. The maximum Gasteiger partial charge on any atom is 0.255 e. The summed E-state index contributed by atoms with van der Waals surface area (Å²) < 4.78 is 0.928. The minimum Gasteiger partial charge on any atom is -0.336 e. The van der Waals surface area contributed by atoms with E-state index in [0.29, 0.717) is 0 Å². The zero-order valence-corrected chi connectivity index (χ0v) is 14.8. The third-order valence-corrected chi connectivity index (χ3v) is 5.16. The number of aryl methyl sites for hydroxylation is 1. The number of hydrogen-bond donors (Lipinski definition) is 0. The van der Waals surface area contributed by atoms with E-state index in [9.17, 15) is 4.79 Å². The highest BCUT2D eigenvalue weighted by atomic mass is 79.9. The van der Waals surface area contributed by atoms with Gasteiger partial charge in [-0.1, -0.05) is 26.0 Å². The summed E-state index contributed by atoms with van der Waals surface area (Å²) in [5.41, 5.74) is 1.89. The number of carbonyl (C=O) groups is 1. The molecule has 21 heavy (non-hydrogen) atoms. The predicted molar refractivity (Wildman–Crippen MR) is 90.7 cm³/mol. The molecular formula is C17H25BrN2O. The molecule has 116 valence electrons. The number of hydrogen-bond acceptors (Lipinski definition) is 2. The first-order valence-corrected chi connectivity index (χ1v) is 8.55. The van der Waals surface area contributed by atoms with Gasteiger partial charge < -0.3 is 4.90 Å². The highest BCUT2D eigenvalue weighted by molar-refractivity contribution is 9.10. The van der Waals surface area contributed by atoms with Crippen LogP contribution in [0.4, 0.5) is 0 Å². The number of rotatable bonds is 4. The molecule has 1 saturated heterocycles. The van der Waals surface area contributed by atoms with Crippen molar-refractivity contribution >= 4 is 21.8 Å². The summed E-state index contributed by atoms with van der Waals surface area (Å²) in [6.07, 6.45) is 1.23. The van der Waals surface area contributed by atoms with Crippen LogP contribution in [0.15, 0.2) is 22.7 Å². The molecule has 0 spiro atoms. The summed E-state index contributed by atoms with van der Waals surface area (Å²) in [5.74, 6) is 0.891. The Morgan fingerprint density at radius 1 is 1.24 bits per heavy atom. The largest absolute Gasteiger partial charge is 0.336 e. The van der Waals surface area contributed by atoms with Crippen LogP contribution >= 0.6 is 15.9 Å². The van der Waals surface area contributed by atoms with Gasteiger partial charge in [0.25, 0.3) is 5.91 Å². The quantitative estimate of drug-likeness (QED) is 0.826. The van der Waals surface area contributed by atoms with Crippen molar-refractivity contribution in [1.29, 1.82) is 0 Å². The van der Waals surface area contributed by atoms with E-state index >= 15 is 0 Å². The maximum atomic E-state index is 12.6. The normalized spacial score (nSPS) is 16.5. The van der Waals surface area contributed by atoms with Gasteiger partial charge in [-0.25, -0.2) is 0 Å². The Kier molecular flexibility index (Phi) is 5.82. The highest BCUT2D eigenvalue weighted by Gasteiger charge is 2.23. The Balaban J connectivity index is 1.93. The lowest BCUT2D eigenvalue weighted by Crippen LogP contribution is -2.49. The lowest BCUT2D eigenvalue weighted by molar-refractivity contribution is 0.0631. The smallest absolute Gasteiger partial charge is 0.255 e. The third kappa shape index (κ3) is 4.30. The zero-order chi connectivity index (χ0) is 15.4. The van der Waals surface area contributed by atoms with Gasteiger partial charge >= 0.3 is 0 Å². The third-order valence-electron chi connectivity index (χ3n) is 4.10. The fourth-order valence-electron chi connectivity index (χ4n) is 2.60. The second-order valence-corrected chi connectivity index (χ2v) is 7.05. The molecule has 4 heteroatoms. The Morgan fingerprint density at radius 2 is 1.90 bits per heavy atom. The van der Waals surface area contributed by atoms with Crippen molar-refractivity contribution in [3.63, 3.8) is 0 Å². The summed E-state index contributed by atoms with van der Waals surface area (Å²) in [7, 11) is 0. The van der Waals surface area contributed by atoms with Crippen molar-refractivity contribution in [3.8, 4) is 0 Å². The van der Waals surface area contributed by atoms with Crippen molar-refractivity contribution in [1.82, 2.24) is 9.80 Å². The molecule has 1 aliphatic heterocycles. The van der Waals surface area contributed by atoms with Gasteiger partial charge in [-0.2, -0.15) is 0 Å². The average Bonchev–Trinajstić information content (AvgIpc) is 2.48. The first-order chi connectivity index (χ1) is 9.99. The molecule has 1 aromatic carbocycles. The van der Waals surface area contributed by atoms with E-state index in [-0.39, 0.29) is 5.91 Å². The van der Waals surface area contributed by atoms with Crippen molar-refractivity contribution in [2.75, 3.05) is 32.7 Å². The van der Waals surface area contributed by atoms with Crippen molar-refractivity contribution in [3.05, 3.63) is 33.8 Å². The molecule has 1 aliphatic rings. The lowest BCUT2D eigenvalue weighted by Gasteiger charge is -2.35. The first kappa shape index (κ1) is 16.5. The Hall–Kier alpha value is -0.870. The molecule has 3 nitrogen and oxygen atoms in total. The molecule has 0 saturated carbocycles. The van der Waals surface area contributed by atoms with Crippen LogP contribution in [0.3, 0.4) is 0 Å². The van der Waals surface area contributed by atoms with Crippen LogP contribution < -0.4 is 0 Å². The summed E-state index contributed by atoms with van der Waals surface area (Å²) in [4.78, 5) is 17.1. The van der Waals surface area contributed by atoms with Crippen LogP contribution in [-0.2, 0) is 0 Å². The SMILES string of the molecule is Cc1cccc(C(=O)N2CCN(CCC(C)C)CC2)c1Br. The van der Waals surface area contributed by atoms with Crippen LogP contribution in [0.5, 0.6) is 0 Å². The van der Waals surface area contributed by atoms with E-state index in [1.807, 2.05) is 30.0 Å². The van der Waals surface area contributed by atoms with Crippen LogP contribution in [0.25, 0.3) is 0 Å². The molecule has 0 aliphatic carbocycles. The average molecular weight is 353 g/mol. The van der Waals surface area contributed by atoms with E-state index in [0.717, 1.165) is 54.2 Å². The lowest BCUT2D eigenvalue weighted by atomic mass is 10.1. The van der Waals surface area contributed by atoms with Crippen LogP contribution in [0, 0.1) is 12.8 Å². The Labute approximate surface area is 136 Å². The van der Waals surface area contributed by atoms with Crippen molar-refractivity contribution < 1.29 is 4.79 Å². The Bertz CT molecular complexity index is 494. The van der Waals surface area contributed by atoms with Crippen LogP contribution in [-0.4, -0.2) is 48.4 Å². The molecular weight excluding hydrogens is 328 g/mol. The molecule has 0 N–H and O–H groups in total. The number of nitrogens with zero attached hydrogens (tertiary/aromatic N) is 2. The first-order valence-electron chi connectivity index (χ1n) is 7.75. The van der Waals surface area contributed by atoms with Crippen LogP contribution in [0.2, 0.25) is 0 Å². The van der Waals surface area contributed by atoms with Crippen molar-refractivity contribution in [2.24, 2.45) is 5.92 Å². The number of amides is 1. The van der Waals surface area contributed by atoms with Gasteiger partial charge in [-0.3, -0.25) is 9.69 Å². The molecule has 0 atom stereocenters. The topological polar surface area (TPSA) is 23.6 Å². The summed E-state index contributed by atoms with van der Waals surface area (Å²) >= 11 is 3.54. The van der Waals surface area contributed by atoms with Gasteiger partial charge in [0, 0.05) is 30.7 Å². The van der Waals surface area contributed by atoms with E-state index < -0.39 is 0 Å². The van der Waals surface area contributed by atoms with Gasteiger partial charge in [0.2, 0.25) is 0 Å². The molecule has 0 unspecified atom stereocenters. The molecule has 1 fully saturated rings. The van der Waals surface area contributed by atoms with E-state index in [2.05, 4.69) is 34.7 Å². The highest BCUT2D eigenvalue weighted by Crippen LogP contribution is 2.23. The Morgan fingerprint density at radius 3 is 2.52 bits per heavy atom. The van der Waals surface area contributed by atoms with E-state index in [1.165, 1.54) is 6.42 Å². The number of halogens is 1. The predicted octanol–water partition coefficient (Wildman–Crippen LogP) is 3.56. The number of benzene rings is 1. The van der Waals surface area contributed by atoms with Crippen molar-refractivity contribution in [2.45, 2.75) is 27.2 Å². The maximum absolute atomic E-state index is 12.6. The number of piperazine rings is 1. The second kappa shape index (κ2) is 7.41. The van der Waals surface area contributed by atoms with E-state index in [4.69, 9.17) is 0 Å². The number of carbonyl (C=O) groups excluding carboxylic acids is 1. The van der Waals surface area contributed by atoms with Gasteiger partial charge in [0.05, 0.1) is 5.56 Å². The standard InChI is InChI=1S/C17H25BrN2O/c1-13(2)7-8-19-9-11-20(12-10-19)17(21)15-6-4-5-14(3)16(15)18/h4-6,13H,7-12H2,1-3H3. The minimum absolute atomic E-state index is 0.147. The molecule has 0 radical (unpaired) electrons. The molecule has 1 amide bonds. The van der Waals surface area contributed by atoms with Gasteiger partial charge in [-0.15, -0.1) is 0 Å².